The number of nitrogens with zero attached hydrogens (tertiary/aromatic N) is 3. The first-order chi connectivity index (χ1) is 12.7. The molecule has 0 aliphatic carbocycles. The predicted molar refractivity (Wildman–Crippen MR) is 100 cm³/mol. The molecule has 0 spiro atoms. The molecule has 0 fully saturated rings. The molecule has 0 aliphatic rings. The van der Waals surface area contributed by atoms with Crippen molar-refractivity contribution >= 4 is 29.4 Å². The van der Waals surface area contributed by atoms with Crippen molar-refractivity contribution in [3.05, 3.63) is 46.7 Å². The highest BCUT2D eigenvalue weighted by atomic mass is 35.5. The molecule has 2 aromatic rings. The maximum Gasteiger partial charge on any atom is 0.326 e. The van der Waals surface area contributed by atoms with Crippen LogP contribution >= 0.6 is 11.6 Å². The first kappa shape index (κ1) is 20.4. The molecule has 0 bridgehead atoms. The van der Waals surface area contributed by atoms with Gasteiger partial charge in [-0.25, -0.2) is 9.48 Å². The molecule has 27 heavy (non-hydrogen) atoms. The molecule has 0 aliphatic heterocycles. The first-order valence-electron chi connectivity index (χ1n) is 8.31. The number of carbonyl (C=O) groups excluding carboxylic acids is 2. The lowest BCUT2D eigenvalue weighted by Crippen LogP contribution is -2.46. The van der Waals surface area contributed by atoms with E-state index in [1.54, 1.807) is 37.4 Å². The van der Waals surface area contributed by atoms with Crippen molar-refractivity contribution in [3.63, 3.8) is 0 Å². The molecule has 1 heterocycles. The number of aliphatic carboxylic acids is 1. The summed E-state index contributed by atoms with van der Waals surface area (Å²) in [7, 11) is 0. The van der Waals surface area contributed by atoms with Crippen LogP contribution in [0.4, 0.5) is 0 Å². The van der Waals surface area contributed by atoms with Gasteiger partial charge in [0.15, 0.2) is 0 Å². The quantitative estimate of drug-likeness (QED) is 0.748. The second-order valence-electron chi connectivity index (χ2n) is 6.04. The third kappa shape index (κ3) is 5.07. The molecule has 1 atom stereocenters. The van der Waals surface area contributed by atoms with E-state index in [4.69, 9.17) is 11.6 Å². The minimum atomic E-state index is -1.13. The van der Waals surface area contributed by atoms with E-state index in [0.29, 0.717) is 16.3 Å². The van der Waals surface area contributed by atoms with Crippen molar-refractivity contribution in [2.75, 3.05) is 13.1 Å². The van der Waals surface area contributed by atoms with Crippen LogP contribution in [0.25, 0.3) is 5.69 Å². The molecule has 144 valence electrons. The Morgan fingerprint density at radius 1 is 1.30 bits per heavy atom. The van der Waals surface area contributed by atoms with Crippen LogP contribution in [-0.2, 0) is 9.59 Å². The Labute approximate surface area is 161 Å². The number of carboxylic acids is 1. The Morgan fingerprint density at radius 2 is 1.93 bits per heavy atom. The average molecular weight is 393 g/mol. The van der Waals surface area contributed by atoms with Gasteiger partial charge in [0.1, 0.15) is 6.04 Å². The highest BCUT2D eigenvalue weighted by molar-refractivity contribution is 6.30. The van der Waals surface area contributed by atoms with E-state index in [0.717, 1.165) is 5.69 Å². The monoisotopic (exact) mass is 392 g/mol. The Kier molecular flexibility index (Phi) is 6.57. The zero-order valence-corrected chi connectivity index (χ0v) is 16.0. The van der Waals surface area contributed by atoms with Gasteiger partial charge in [0, 0.05) is 31.2 Å². The van der Waals surface area contributed by atoms with Gasteiger partial charge in [-0.3, -0.25) is 9.59 Å². The molecule has 8 nitrogen and oxygen atoms in total. The zero-order chi connectivity index (χ0) is 20.1. The number of aromatic nitrogens is 2. The third-order valence-electron chi connectivity index (χ3n) is 4.03. The smallest absolute Gasteiger partial charge is 0.326 e. The average Bonchev–Trinajstić information content (AvgIpc) is 2.99. The third-order valence-corrected chi connectivity index (χ3v) is 4.28. The molecule has 0 saturated carbocycles. The summed E-state index contributed by atoms with van der Waals surface area (Å²) in [5.74, 6) is -1.85. The van der Waals surface area contributed by atoms with E-state index in [9.17, 15) is 19.5 Å². The Hall–Kier alpha value is -2.87. The van der Waals surface area contributed by atoms with Gasteiger partial charge in [-0.2, -0.15) is 5.10 Å². The fraction of sp³-hybridized carbons (Fsp3) is 0.333. The topological polar surface area (TPSA) is 105 Å². The molecular formula is C18H21ClN4O4. The number of hydrogen-bond acceptors (Lipinski definition) is 4. The van der Waals surface area contributed by atoms with Crippen LogP contribution in [0.5, 0.6) is 0 Å². The zero-order valence-electron chi connectivity index (χ0n) is 15.3. The summed E-state index contributed by atoms with van der Waals surface area (Å²) in [4.78, 5) is 36.6. The van der Waals surface area contributed by atoms with Crippen molar-refractivity contribution in [1.82, 2.24) is 20.0 Å². The Balaban J connectivity index is 2.29. The molecule has 1 aromatic heterocycles. The van der Waals surface area contributed by atoms with Gasteiger partial charge in [-0.1, -0.05) is 11.6 Å². The molecule has 2 rings (SSSR count). The minimum Gasteiger partial charge on any atom is -0.480 e. The molecule has 1 unspecified atom stereocenters. The van der Waals surface area contributed by atoms with Crippen molar-refractivity contribution < 1.29 is 19.5 Å². The molecule has 2 amide bonds. The number of carbonyl (C=O) groups is 3. The van der Waals surface area contributed by atoms with E-state index in [2.05, 4.69) is 10.4 Å². The molecular weight excluding hydrogens is 372 g/mol. The molecule has 0 radical (unpaired) electrons. The summed E-state index contributed by atoms with van der Waals surface area (Å²) in [6, 6.07) is 5.89. The lowest BCUT2D eigenvalue weighted by molar-refractivity contribution is -0.141. The highest BCUT2D eigenvalue weighted by Gasteiger charge is 2.28. The molecule has 9 heteroatoms. The number of rotatable bonds is 7. The van der Waals surface area contributed by atoms with Gasteiger partial charge in [-0.15, -0.1) is 0 Å². The van der Waals surface area contributed by atoms with E-state index >= 15 is 0 Å². The summed E-state index contributed by atoms with van der Waals surface area (Å²) in [6.45, 7) is 4.68. The predicted octanol–water partition coefficient (Wildman–Crippen LogP) is 1.89. The van der Waals surface area contributed by atoms with Gasteiger partial charge in [0.25, 0.3) is 5.91 Å². The summed E-state index contributed by atoms with van der Waals surface area (Å²) >= 11 is 5.89. The number of hydrogen-bond donors (Lipinski definition) is 2. The summed E-state index contributed by atoms with van der Waals surface area (Å²) in [5.41, 5.74) is 1.48. The van der Waals surface area contributed by atoms with Gasteiger partial charge < -0.3 is 15.3 Å². The van der Waals surface area contributed by atoms with E-state index in [1.807, 2.05) is 0 Å². The van der Waals surface area contributed by atoms with Crippen molar-refractivity contribution in [1.29, 1.82) is 0 Å². The number of carboxylic acid groups (broad SMARTS) is 1. The van der Waals surface area contributed by atoms with Crippen LogP contribution in [0.1, 0.15) is 29.9 Å². The highest BCUT2D eigenvalue weighted by Crippen LogP contribution is 2.17. The first-order valence-corrected chi connectivity index (χ1v) is 8.69. The summed E-state index contributed by atoms with van der Waals surface area (Å²) < 4.78 is 1.54. The van der Waals surface area contributed by atoms with Crippen LogP contribution in [0.15, 0.2) is 30.5 Å². The van der Waals surface area contributed by atoms with Crippen LogP contribution in [0.3, 0.4) is 0 Å². The summed E-state index contributed by atoms with van der Waals surface area (Å²) in [6.07, 6.45) is 1.56. The molecule has 2 N–H and O–H groups in total. The number of amides is 2. The van der Waals surface area contributed by atoms with Crippen LogP contribution in [0.2, 0.25) is 5.02 Å². The van der Waals surface area contributed by atoms with E-state index in [-0.39, 0.29) is 19.0 Å². The van der Waals surface area contributed by atoms with E-state index < -0.39 is 17.9 Å². The maximum atomic E-state index is 13.0. The molecule has 0 saturated heterocycles. The largest absolute Gasteiger partial charge is 0.480 e. The van der Waals surface area contributed by atoms with E-state index in [1.165, 1.54) is 23.4 Å². The molecule has 1 aromatic carbocycles. The normalized spacial score (nSPS) is 11.7. The second-order valence-corrected chi connectivity index (χ2v) is 6.48. The SMILES string of the molecule is CC(=O)NCCN(C(=O)c1cn(-c2ccc(Cl)cc2)nc1C)C(C)C(=O)O. The Morgan fingerprint density at radius 3 is 2.48 bits per heavy atom. The van der Waals surface area contributed by atoms with Crippen molar-refractivity contribution in [2.24, 2.45) is 0 Å². The van der Waals surface area contributed by atoms with Gasteiger partial charge in [0.05, 0.1) is 16.9 Å². The Bertz CT molecular complexity index is 848. The fourth-order valence-electron chi connectivity index (χ4n) is 2.51. The fourth-order valence-corrected chi connectivity index (χ4v) is 2.63. The van der Waals surface area contributed by atoms with Crippen LogP contribution < -0.4 is 5.32 Å². The van der Waals surface area contributed by atoms with Crippen LogP contribution in [-0.4, -0.2) is 56.7 Å². The second kappa shape index (κ2) is 8.68. The van der Waals surface area contributed by atoms with Crippen molar-refractivity contribution in [3.8, 4) is 5.69 Å². The lowest BCUT2D eigenvalue weighted by Gasteiger charge is -2.26. The van der Waals surface area contributed by atoms with Gasteiger partial charge in [-0.05, 0) is 38.1 Å². The number of halogens is 1. The minimum absolute atomic E-state index is 0.0669. The summed E-state index contributed by atoms with van der Waals surface area (Å²) in [5, 5.41) is 16.8. The van der Waals surface area contributed by atoms with Gasteiger partial charge in [0.2, 0.25) is 5.91 Å². The standard InChI is InChI=1S/C18H21ClN4O4/c1-11-16(10-23(21-11)15-6-4-14(19)5-7-15)17(25)22(12(2)18(26)27)9-8-20-13(3)24/h4-7,10,12H,8-9H2,1-3H3,(H,20,24)(H,26,27). The van der Waals surface area contributed by atoms with Gasteiger partial charge >= 0.3 is 5.97 Å². The lowest BCUT2D eigenvalue weighted by atomic mass is 10.2. The maximum absolute atomic E-state index is 13.0. The number of nitrogens with one attached hydrogen (secondary N) is 1. The van der Waals surface area contributed by atoms with Crippen LogP contribution in [0, 0.1) is 6.92 Å². The number of aryl methyl sites for hydroxylation is 1. The van der Waals surface area contributed by atoms with Crippen molar-refractivity contribution in [2.45, 2.75) is 26.8 Å². The number of benzene rings is 1.